The molecule has 0 saturated carbocycles. The monoisotopic (exact) mass is 345 g/mol. The zero-order valence-electron chi connectivity index (χ0n) is 15.6. The number of fused-ring (bicyclic) bond motifs is 4. The van der Waals surface area contributed by atoms with Gasteiger partial charge in [-0.2, -0.15) is 0 Å². The molecule has 1 aromatic carbocycles. The van der Waals surface area contributed by atoms with E-state index in [0.717, 1.165) is 38.4 Å². The molecule has 5 nitrogen and oxygen atoms in total. The highest BCUT2D eigenvalue weighted by Crippen LogP contribution is 2.28. The minimum Gasteiger partial charge on any atom is -0.494 e. The van der Waals surface area contributed by atoms with Gasteiger partial charge in [0.25, 0.3) is 0 Å². The Labute approximate surface area is 151 Å². The second-order valence-electron chi connectivity index (χ2n) is 7.59. The van der Waals surface area contributed by atoms with Crippen LogP contribution < -0.4 is 4.74 Å². The molecule has 3 saturated heterocycles. The lowest BCUT2D eigenvalue weighted by molar-refractivity contribution is -0.130. The summed E-state index contributed by atoms with van der Waals surface area (Å²) < 4.78 is 5.82. The highest BCUT2D eigenvalue weighted by molar-refractivity contribution is 5.77. The predicted octanol–water partition coefficient (Wildman–Crippen LogP) is 1.94. The largest absolute Gasteiger partial charge is 0.494 e. The van der Waals surface area contributed by atoms with Crippen molar-refractivity contribution in [3.8, 4) is 5.75 Å². The summed E-state index contributed by atoms with van der Waals surface area (Å²) in [6, 6.07) is 10.6. The van der Waals surface area contributed by atoms with E-state index < -0.39 is 0 Å². The van der Waals surface area contributed by atoms with Gasteiger partial charge < -0.3 is 9.64 Å². The Hall–Kier alpha value is -1.59. The van der Waals surface area contributed by atoms with Crippen LogP contribution in [-0.4, -0.2) is 80.1 Å². The topological polar surface area (TPSA) is 36.0 Å². The van der Waals surface area contributed by atoms with E-state index >= 15 is 0 Å². The van der Waals surface area contributed by atoms with Crippen LogP contribution in [0, 0.1) is 5.92 Å². The number of likely N-dealkylation sites (N-methyl/N-ethyl adjacent to an activating group) is 1. The molecule has 3 aliphatic rings. The minimum atomic E-state index is 0.212. The lowest BCUT2D eigenvalue weighted by Gasteiger charge is -2.36. The van der Waals surface area contributed by atoms with E-state index in [-0.39, 0.29) is 5.91 Å². The molecule has 5 heteroatoms. The highest BCUT2D eigenvalue weighted by atomic mass is 16.5. The number of piperidine rings is 1. The molecular formula is C20H31N3O2. The van der Waals surface area contributed by atoms with Crippen molar-refractivity contribution < 1.29 is 9.53 Å². The zero-order chi connectivity index (χ0) is 17.6. The maximum atomic E-state index is 12.0. The van der Waals surface area contributed by atoms with Gasteiger partial charge in [-0.1, -0.05) is 18.2 Å². The molecule has 3 aliphatic heterocycles. The number of carbonyl (C=O) groups excluding carboxylic acids is 1. The van der Waals surface area contributed by atoms with E-state index in [2.05, 4.69) is 9.80 Å². The summed E-state index contributed by atoms with van der Waals surface area (Å²) in [6.45, 7) is 5.67. The minimum absolute atomic E-state index is 0.212. The van der Waals surface area contributed by atoms with Crippen LogP contribution >= 0.6 is 0 Å². The first-order chi connectivity index (χ1) is 12.1. The van der Waals surface area contributed by atoms with E-state index in [0.29, 0.717) is 18.5 Å². The van der Waals surface area contributed by atoms with E-state index in [1.165, 1.54) is 19.4 Å². The van der Waals surface area contributed by atoms with Crippen molar-refractivity contribution in [3.63, 3.8) is 0 Å². The average molecular weight is 345 g/mol. The lowest BCUT2D eigenvalue weighted by atomic mass is 9.95. The average Bonchev–Trinajstić information content (AvgIpc) is 2.90. The summed E-state index contributed by atoms with van der Waals surface area (Å²) in [4.78, 5) is 18.7. The molecule has 0 aromatic heterocycles. The SMILES string of the molecule is CN(C)C(=O)CN1C[C@@H]2CC[C@H](C1)N(CCCOc1ccccc1)C2. The van der Waals surface area contributed by atoms with Gasteiger partial charge in [0, 0.05) is 46.3 Å². The standard InChI is InChI=1S/C20H31N3O2/c1-21(2)20(24)16-22-13-17-9-10-18(15-22)23(14-17)11-6-12-25-19-7-4-3-5-8-19/h3-5,7-8,17-18H,6,9-16H2,1-2H3/t17-,18+/m0/s1. The van der Waals surface area contributed by atoms with Crippen LogP contribution in [0.3, 0.4) is 0 Å². The Balaban J connectivity index is 1.45. The molecule has 0 unspecified atom stereocenters. The van der Waals surface area contributed by atoms with Crippen LogP contribution in [0.5, 0.6) is 5.75 Å². The summed E-state index contributed by atoms with van der Waals surface area (Å²) >= 11 is 0. The number of ether oxygens (including phenoxy) is 1. The number of hydrogen-bond acceptors (Lipinski definition) is 4. The first-order valence-electron chi connectivity index (χ1n) is 9.46. The molecule has 3 heterocycles. The summed E-state index contributed by atoms with van der Waals surface area (Å²) in [5, 5.41) is 0. The molecule has 2 atom stereocenters. The normalized spacial score (nSPS) is 24.1. The Kier molecular flexibility index (Phi) is 6.32. The Morgan fingerprint density at radius 2 is 1.96 bits per heavy atom. The van der Waals surface area contributed by atoms with Crippen molar-refractivity contribution in [2.24, 2.45) is 5.92 Å². The summed E-state index contributed by atoms with van der Waals surface area (Å²) in [6.07, 6.45) is 3.61. The fourth-order valence-corrected chi connectivity index (χ4v) is 3.99. The van der Waals surface area contributed by atoms with Gasteiger partial charge in [0.15, 0.2) is 0 Å². The van der Waals surface area contributed by atoms with Gasteiger partial charge in [0.1, 0.15) is 5.75 Å². The Bertz CT molecular complexity index is 549. The number of hydrogen-bond donors (Lipinski definition) is 0. The van der Waals surface area contributed by atoms with Crippen LogP contribution in [-0.2, 0) is 4.79 Å². The van der Waals surface area contributed by atoms with Crippen LogP contribution in [0.2, 0.25) is 0 Å². The van der Waals surface area contributed by atoms with Crippen molar-refractivity contribution in [1.82, 2.24) is 14.7 Å². The summed E-state index contributed by atoms with van der Waals surface area (Å²) in [5.74, 6) is 1.86. The van der Waals surface area contributed by atoms with Crippen molar-refractivity contribution in [1.29, 1.82) is 0 Å². The smallest absolute Gasteiger partial charge is 0.236 e. The quantitative estimate of drug-likeness (QED) is 0.708. The van der Waals surface area contributed by atoms with Crippen LogP contribution in [0.1, 0.15) is 19.3 Å². The van der Waals surface area contributed by atoms with E-state index in [1.807, 2.05) is 44.4 Å². The molecule has 3 fully saturated rings. The van der Waals surface area contributed by atoms with Crippen LogP contribution in [0.15, 0.2) is 30.3 Å². The van der Waals surface area contributed by atoms with Gasteiger partial charge in [-0.05, 0) is 37.3 Å². The van der Waals surface area contributed by atoms with Crippen molar-refractivity contribution in [2.45, 2.75) is 25.3 Å². The molecule has 1 amide bonds. The molecule has 0 N–H and O–H groups in total. The van der Waals surface area contributed by atoms with Crippen LogP contribution in [0.25, 0.3) is 0 Å². The Morgan fingerprint density at radius 1 is 1.16 bits per heavy atom. The van der Waals surface area contributed by atoms with Gasteiger partial charge in [0.2, 0.25) is 5.91 Å². The van der Waals surface area contributed by atoms with E-state index in [9.17, 15) is 4.79 Å². The molecule has 0 aliphatic carbocycles. The number of para-hydroxylation sites is 1. The first-order valence-corrected chi connectivity index (χ1v) is 9.46. The maximum absolute atomic E-state index is 12.0. The van der Waals surface area contributed by atoms with E-state index in [4.69, 9.17) is 4.74 Å². The summed E-state index contributed by atoms with van der Waals surface area (Å²) in [5.41, 5.74) is 0. The second kappa shape index (κ2) is 8.68. The highest BCUT2D eigenvalue weighted by Gasteiger charge is 2.34. The lowest BCUT2D eigenvalue weighted by Crippen LogP contribution is -2.45. The molecule has 25 heavy (non-hydrogen) atoms. The molecular weight excluding hydrogens is 314 g/mol. The Morgan fingerprint density at radius 3 is 2.72 bits per heavy atom. The predicted molar refractivity (Wildman–Crippen MR) is 99.8 cm³/mol. The summed E-state index contributed by atoms with van der Waals surface area (Å²) in [7, 11) is 3.68. The second-order valence-corrected chi connectivity index (χ2v) is 7.59. The number of carbonyl (C=O) groups is 1. The van der Waals surface area contributed by atoms with E-state index in [1.54, 1.807) is 4.90 Å². The number of nitrogens with zero attached hydrogens (tertiary/aromatic N) is 3. The fraction of sp³-hybridized carbons (Fsp3) is 0.650. The molecule has 4 rings (SSSR count). The van der Waals surface area contributed by atoms with Gasteiger partial charge in [-0.15, -0.1) is 0 Å². The third-order valence-corrected chi connectivity index (χ3v) is 5.36. The third-order valence-electron chi connectivity index (χ3n) is 5.36. The fourth-order valence-electron chi connectivity index (χ4n) is 3.99. The number of rotatable bonds is 7. The van der Waals surface area contributed by atoms with Crippen molar-refractivity contribution >= 4 is 5.91 Å². The molecule has 2 bridgehead atoms. The van der Waals surface area contributed by atoms with Crippen molar-refractivity contribution in [2.75, 3.05) is 53.4 Å². The number of benzene rings is 1. The van der Waals surface area contributed by atoms with Gasteiger partial charge >= 0.3 is 0 Å². The van der Waals surface area contributed by atoms with Gasteiger partial charge in [-0.25, -0.2) is 0 Å². The van der Waals surface area contributed by atoms with Gasteiger partial charge in [-0.3, -0.25) is 14.6 Å². The van der Waals surface area contributed by atoms with Crippen LogP contribution in [0.4, 0.5) is 0 Å². The molecule has 1 aromatic rings. The van der Waals surface area contributed by atoms with Crippen molar-refractivity contribution in [3.05, 3.63) is 30.3 Å². The molecule has 0 spiro atoms. The third kappa shape index (κ3) is 5.19. The zero-order valence-corrected chi connectivity index (χ0v) is 15.6. The molecule has 138 valence electrons. The van der Waals surface area contributed by atoms with Gasteiger partial charge in [0.05, 0.1) is 13.2 Å². The maximum Gasteiger partial charge on any atom is 0.236 e. The first kappa shape index (κ1) is 18.2. The number of amides is 1. The molecule has 0 radical (unpaired) electrons.